The van der Waals surface area contributed by atoms with Crippen LogP contribution in [0.15, 0.2) is 109 Å². The fourth-order valence-electron chi connectivity index (χ4n) is 4.35. The maximum atomic E-state index is 3.64. The molecule has 1 heterocycles. The van der Waals surface area contributed by atoms with Crippen LogP contribution in [0.5, 0.6) is 0 Å². The average molecular weight is 460 g/mol. The summed E-state index contributed by atoms with van der Waals surface area (Å²) in [5, 5.41) is 4.31. The molecule has 5 rings (SSSR count). The van der Waals surface area contributed by atoms with E-state index in [1.54, 1.807) is 0 Å². The molecule has 0 atom stereocenters. The number of hydrogen-bond acceptors (Lipinski definition) is 3. The molecule has 0 saturated heterocycles. The fraction of sp³-hybridized carbons (Fsp3) is 0.188. The molecule has 35 heavy (non-hydrogen) atoms. The van der Waals surface area contributed by atoms with Crippen LogP contribution in [0.4, 0.5) is 11.4 Å². The third kappa shape index (κ3) is 4.81. The lowest BCUT2D eigenvalue weighted by Gasteiger charge is -2.31. The number of hydrogen-bond donors (Lipinski definition) is 1. The molecule has 0 unspecified atom stereocenters. The van der Waals surface area contributed by atoms with E-state index in [0.717, 1.165) is 29.1 Å². The minimum atomic E-state index is 0.122. The summed E-state index contributed by atoms with van der Waals surface area (Å²) >= 11 is 0. The molecule has 4 aromatic rings. The number of benzene rings is 4. The third-order valence-electron chi connectivity index (χ3n) is 6.58. The standard InChI is InChI=1S/C32H33N3/c1-5-24-11-19-29(20-12-24)34-23-31(27-15-13-26(14-16-27)25-9-7-6-8-10-25)33-35(34)30-21-17-28(18-22-30)32(2,3)4/h6-23,33H,5H2,1-4H3. The van der Waals surface area contributed by atoms with Gasteiger partial charge in [0, 0.05) is 5.56 Å². The van der Waals surface area contributed by atoms with Crippen LogP contribution in [0.25, 0.3) is 16.8 Å². The predicted octanol–water partition coefficient (Wildman–Crippen LogP) is 7.96. The van der Waals surface area contributed by atoms with Crippen LogP contribution < -0.4 is 15.6 Å². The van der Waals surface area contributed by atoms with Gasteiger partial charge in [-0.15, -0.1) is 0 Å². The van der Waals surface area contributed by atoms with E-state index in [2.05, 4.69) is 153 Å². The van der Waals surface area contributed by atoms with Gasteiger partial charge in [-0.05, 0) is 58.4 Å². The highest BCUT2D eigenvalue weighted by Gasteiger charge is 2.25. The van der Waals surface area contributed by atoms with Crippen molar-refractivity contribution in [2.45, 2.75) is 39.5 Å². The van der Waals surface area contributed by atoms with Crippen LogP contribution in [-0.2, 0) is 11.8 Å². The van der Waals surface area contributed by atoms with E-state index < -0.39 is 0 Å². The third-order valence-corrected chi connectivity index (χ3v) is 6.58. The first kappa shape index (κ1) is 22.8. The predicted molar refractivity (Wildman–Crippen MR) is 149 cm³/mol. The highest BCUT2D eigenvalue weighted by Crippen LogP contribution is 2.32. The van der Waals surface area contributed by atoms with Crippen molar-refractivity contribution >= 4 is 17.1 Å². The van der Waals surface area contributed by atoms with Crippen molar-refractivity contribution in [3.05, 3.63) is 126 Å². The molecule has 3 heteroatoms. The van der Waals surface area contributed by atoms with Crippen molar-refractivity contribution in [1.82, 2.24) is 5.43 Å². The van der Waals surface area contributed by atoms with Gasteiger partial charge in [-0.3, -0.25) is 5.43 Å². The first-order valence-corrected chi connectivity index (χ1v) is 12.4. The van der Waals surface area contributed by atoms with E-state index in [9.17, 15) is 0 Å². The van der Waals surface area contributed by atoms with Crippen molar-refractivity contribution in [2.75, 3.05) is 10.1 Å². The Hall–Kier alpha value is -3.98. The second kappa shape index (κ2) is 9.34. The van der Waals surface area contributed by atoms with Crippen LogP contribution in [0.3, 0.4) is 0 Å². The van der Waals surface area contributed by atoms with Crippen molar-refractivity contribution in [2.24, 2.45) is 0 Å². The van der Waals surface area contributed by atoms with Crippen LogP contribution in [-0.4, -0.2) is 0 Å². The molecule has 0 saturated carbocycles. The smallest absolute Gasteiger partial charge is 0.0818 e. The van der Waals surface area contributed by atoms with E-state index in [1.807, 2.05) is 0 Å². The number of rotatable bonds is 5. The minimum Gasteiger partial charge on any atom is -0.277 e. The molecule has 0 spiro atoms. The summed E-state index contributed by atoms with van der Waals surface area (Å²) in [6, 6.07) is 36.9. The average Bonchev–Trinajstić information content (AvgIpc) is 3.34. The zero-order valence-electron chi connectivity index (χ0n) is 21.0. The summed E-state index contributed by atoms with van der Waals surface area (Å²) in [4.78, 5) is 0. The van der Waals surface area contributed by atoms with Crippen molar-refractivity contribution in [1.29, 1.82) is 0 Å². The molecule has 0 radical (unpaired) electrons. The van der Waals surface area contributed by atoms with Gasteiger partial charge in [-0.25, -0.2) is 5.01 Å². The number of nitrogens with zero attached hydrogens (tertiary/aromatic N) is 2. The monoisotopic (exact) mass is 459 g/mol. The Kier molecular flexibility index (Phi) is 6.08. The molecular weight excluding hydrogens is 426 g/mol. The Morgan fingerprint density at radius 2 is 1.20 bits per heavy atom. The van der Waals surface area contributed by atoms with E-state index >= 15 is 0 Å². The van der Waals surface area contributed by atoms with E-state index in [-0.39, 0.29) is 5.41 Å². The molecule has 176 valence electrons. The summed E-state index contributed by atoms with van der Waals surface area (Å²) in [6.45, 7) is 8.93. The molecule has 3 nitrogen and oxygen atoms in total. The van der Waals surface area contributed by atoms with Gasteiger partial charge in [-0.1, -0.05) is 107 Å². The second-order valence-corrected chi connectivity index (χ2v) is 10.1. The zero-order valence-corrected chi connectivity index (χ0v) is 21.0. The van der Waals surface area contributed by atoms with Crippen molar-refractivity contribution < 1.29 is 0 Å². The van der Waals surface area contributed by atoms with E-state index in [1.165, 1.54) is 22.3 Å². The Balaban J connectivity index is 1.48. The number of nitrogens with one attached hydrogen (secondary N) is 1. The highest BCUT2D eigenvalue weighted by molar-refractivity contribution is 5.77. The molecule has 1 aliphatic heterocycles. The summed E-state index contributed by atoms with van der Waals surface area (Å²) in [5.41, 5.74) is 13.3. The first-order valence-electron chi connectivity index (χ1n) is 12.4. The molecule has 0 amide bonds. The summed E-state index contributed by atoms with van der Waals surface area (Å²) in [5.74, 6) is 0. The Morgan fingerprint density at radius 3 is 1.80 bits per heavy atom. The summed E-state index contributed by atoms with van der Waals surface area (Å²) < 4.78 is 0. The Labute approximate surface area is 209 Å². The van der Waals surface area contributed by atoms with Gasteiger partial charge < -0.3 is 0 Å². The molecule has 0 bridgehead atoms. The van der Waals surface area contributed by atoms with Gasteiger partial charge in [0.1, 0.15) is 0 Å². The van der Waals surface area contributed by atoms with Gasteiger partial charge in [0.05, 0.1) is 23.3 Å². The quantitative estimate of drug-likeness (QED) is 0.327. The van der Waals surface area contributed by atoms with Gasteiger partial charge in [0.15, 0.2) is 0 Å². The maximum absolute atomic E-state index is 3.64. The SMILES string of the molecule is CCc1ccc(N2C=C(c3ccc(-c4ccccc4)cc3)NN2c2ccc(C(C)(C)C)cc2)cc1. The van der Waals surface area contributed by atoms with Gasteiger partial charge in [0.25, 0.3) is 0 Å². The Morgan fingerprint density at radius 1 is 0.629 bits per heavy atom. The van der Waals surface area contributed by atoms with Gasteiger partial charge in [-0.2, -0.15) is 5.12 Å². The van der Waals surface area contributed by atoms with Gasteiger partial charge >= 0.3 is 0 Å². The van der Waals surface area contributed by atoms with Crippen LogP contribution in [0.2, 0.25) is 0 Å². The molecular formula is C32H33N3. The van der Waals surface area contributed by atoms with Crippen molar-refractivity contribution in [3.8, 4) is 11.1 Å². The molecule has 4 aromatic carbocycles. The lowest BCUT2D eigenvalue weighted by Crippen LogP contribution is -2.42. The van der Waals surface area contributed by atoms with E-state index in [4.69, 9.17) is 0 Å². The minimum absolute atomic E-state index is 0.122. The molecule has 0 aromatic heterocycles. The highest BCUT2D eigenvalue weighted by atomic mass is 15.8. The van der Waals surface area contributed by atoms with Crippen LogP contribution in [0, 0.1) is 0 Å². The first-order chi connectivity index (χ1) is 16.9. The number of hydrazine groups is 2. The number of anilines is 2. The van der Waals surface area contributed by atoms with E-state index in [0.29, 0.717) is 0 Å². The largest absolute Gasteiger partial charge is 0.277 e. The number of aryl methyl sites for hydroxylation is 1. The molecule has 1 aliphatic rings. The van der Waals surface area contributed by atoms with Crippen LogP contribution in [0.1, 0.15) is 44.4 Å². The normalized spacial score (nSPS) is 13.5. The lowest BCUT2D eigenvalue weighted by atomic mass is 9.87. The van der Waals surface area contributed by atoms with Crippen molar-refractivity contribution in [3.63, 3.8) is 0 Å². The fourth-order valence-corrected chi connectivity index (χ4v) is 4.35. The second-order valence-electron chi connectivity index (χ2n) is 10.1. The molecule has 0 fully saturated rings. The Bertz CT molecular complexity index is 1300. The maximum Gasteiger partial charge on any atom is 0.0818 e. The molecule has 0 aliphatic carbocycles. The molecule has 1 N–H and O–H groups in total. The zero-order chi connectivity index (χ0) is 24.4. The summed E-state index contributed by atoms with van der Waals surface area (Å²) in [7, 11) is 0. The van der Waals surface area contributed by atoms with Gasteiger partial charge in [0.2, 0.25) is 0 Å². The topological polar surface area (TPSA) is 18.5 Å². The summed E-state index contributed by atoms with van der Waals surface area (Å²) in [6.07, 6.45) is 3.21. The lowest BCUT2D eigenvalue weighted by molar-refractivity contribution is 0.590. The van der Waals surface area contributed by atoms with Crippen LogP contribution >= 0.6 is 0 Å².